The van der Waals surface area contributed by atoms with Crippen molar-refractivity contribution in [3.8, 4) is 0 Å². The average molecular weight is 213 g/mol. The molecule has 1 aliphatic rings. The molecule has 1 atom stereocenters. The van der Waals surface area contributed by atoms with Crippen LogP contribution in [0, 0.1) is 16.7 Å². The number of carboxylic acids is 1. The molecule has 0 radical (unpaired) electrons. The van der Waals surface area contributed by atoms with Gasteiger partial charge in [0.1, 0.15) is 5.41 Å². The van der Waals surface area contributed by atoms with Crippen molar-refractivity contribution >= 4 is 5.97 Å². The van der Waals surface area contributed by atoms with E-state index in [1.54, 1.807) is 0 Å². The first-order valence-corrected chi connectivity index (χ1v) is 3.97. The van der Waals surface area contributed by atoms with Crippen LogP contribution < -0.4 is 5.11 Å². The van der Waals surface area contributed by atoms with Crippen LogP contribution in [-0.2, 0) is 4.79 Å². The standard InChI is InChI=1S/C8H10F4O2/c1-7(2)3(4(13)14)8(7,5(9)10)6(11)12/h3,5-6H,1-2H3,(H,13,14)/p-1. The highest BCUT2D eigenvalue weighted by atomic mass is 19.3. The lowest BCUT2D eigenvalue weighted by Crippen LogP contribution is -2.33. The number of rotatable bonds is 3. The van der Waals surface area contributed by atoms with Crippen LogP contribution in [0.4, 0.5) is 17.6 Å². The molecule has 0 spiro atoms. The highest BCUT2D eigenvalue weighted by Crippen LogP contribution is 2.73. The number of aliphatic carboxylic acids is 1. The van der Waals surface area contributed by atoms with Gasteiger partial charge in [-0.15, -0.1) is 0 Å². The summed E-state index contributed by atoms with van der Waals surface area (Å²) in [5, 5.41) is 10.4. The first-order valence-electron chi connectivity index (χ1n) is 3.97. The van der Waals surface area contributed by atoms with Gasteiger partial charge in [-0.25, -0.2) is 17.6 Å². The Kier molecular flexibility index (Phi) is 2.28. The summed E-state index contributed by atoms with van der Waals surface area (Å²) >= 11 is 0. The Bertz CT molecular complexity index is 254. The number of alkyl halides is 4. The Balaban J connectivity index is 3.10. The van der Waals surface area contributed by atoms with E-state index in [0.29, 0.717) is 0 Å². The Morgan fingerprint density at radius 3 is 1.64 bits per heavy atom. The lowest BCUT2D eigenvalue weighted by Gasteiger charge is -2.18. The molecule has 14 heavy (non-hydrogen) atoms. The fourth-order valence-corrected chi connectivity index (χ4v) is 2.23. The van der Waals surface area contributed by atoms with Gasteiger partial charge in [-0.05, 0) is 5.41 Å². The van der Waals surface area contributed by atoms with Crippen molar-refractivity contribution in [3.05, 3.63) is 0 Å². The third kappa shape index (κ3) is 0.994. The van der Waals surface area contributed by atoms with Crippen molar-refractivity contribution in [3.63, 3.8) is 0 Å². The fraction of sp³-hybridized carbons (Fsp3) is 0.875. The highest BCUT2D eigenvalue weighted by molar-refractivity contribution is 5.75. The second-order valence-electron chi connectivity index (χ2n) is 4.01. The van der Waals surface area contributed by atoms with Gasteiger partial charge in [0, 0.05) is 11.9 Å². The number of hydrogen-bond acceptors (Lipinski definition) is 2. The molecule has 1 unspecified atom stereocenters. The van der Waals surface area contributed by atoms with Crippen molar-refractivity contribution in [2.75, 3.05) is 0 Å². The molecule has 0 aromatic heterocycles. The largest absolute Gasteiger partial charge is 0.550 e. The molecule has 0 bridgehead atoms. The maximum absolute atomic E-state index is 12.5. The van der Waals surface area contributed by atoms with Crippen LogP contribution in [0.25, 0.3) is 0 Å². The monoisotopic (exact) mass is 213 g/mol. The van der Waals surface area contributed by atoms with Gasteiger partial charge in [0.25, 0.3) is 12.9 Å². The molecule has 0 amide bonds. The van der Waals surface area contributed by atoms with Crippen molar-refractivity contribution in [2.24, 2.45) is 16.7 Å². The number of carbonyl (C=O) groups is 1. The summed E-state index contributed by atoms with van der Waals surface area (Å²) in [5.74, 6) is -3.62. The highest BCUT2D eigenvalue weighted by Gasteiger charge is 2.81. The lowest BCUT2D eigenvalue weighted by atomic mass is 9.97. The van der Waals surface area contributed by atoms with E-state index < -0.39 is 35.6 Å². The van der Waals surface area contributed by atoms with Gasteiger partial charge in [0.2, 0.25) is 0 Å². The molecular weight excluding hydrogens is 204 g/mol. The molecule has 2 nitrogen and oxygen atoms in total. The number of carbonyl (C=O) groups excluding carboxylic acids is 1. The summed E-state index contributed by atoms with van der Waals surface area (Å²) in [6.07, 6.45) is -6.72. The summed E-state index contributed by atoms with van der Waals surface area (Å²) in [4.78, 5) is 10.4. The molecule has 0 heterocycles. The van der Waals surface area contributed by atoms with Crippen LogP contribution >= 0.6 is 0 Å². The van der Waals surface area contributed by atoms with Crippen molar-refractivity contribution in [1.82, 2.24) is 0 Å². The zero-order valence-corrected chi connectivity index (χ0v) is 7.56. The lowest BCUT2D eigenvalue weighted by molar-refractivity contribution is -0.310. The smallest absolute Gasteiger partial charge is 0.250 e. The van der Waals surface area contributed by atoms with E-state index in [-0.39, 0.29) is 0 Å². The molecule has 0 aromatic carbocycles. The molecule has 1 fully saturated rings. The topological polar surface area (TPSA) is 40.1 Å². The molecule has 0 aliphatic heterocycles. The van der Waals surface area contributed by atoms with E-state index in [2.05, 4.69) is 0 Å². The first-order chi connectivity index (χ1) is 6.20. The maximum Gasteiger partial charge on any atom is 0.250 e. The quantitative estimate of drug-likeness (QED) is 0.654. The van der Waals surface area contributed by atoms with Gasteiger partial charge in [-0.1, -0.05) is 13.8 Å². The van der Waals surface area contributed by atoms with E-state index >= 15 is 0 Å². The van der Waals surface area contributed by atoms with E-state index in [1.165, 1.54) is 0 Å². The van der Waals surface area contributed by atoms with Crippen molar-refractivity contribution in [1.29, 1.82) is 0 Å². The van der Waals surface area contributed by atoms with Crippen molar-refractivity contribution in [2.45, 2.75) is 26.7 Å². The number of halogens is 4. The van der Waals surface area contributed by atoms with Gasteiger partial charge in [-0.3, -0.25) is 0 Å². The summed E-state index contributed by atoms with van der Waals surface area (Å²) in [6, 6.07) is 0. The molecule has 0 N–H and O–H groups in total. The Morgan fingerprint density at radius 1 is 1.21 bits per heavy atom. The van der Waals surface area contributed by atoms with Crippen LogP contribution in [0.1, 0.15) is 13.8 Å². The Hall–Kier alpha value is -0.810. The summed E-state index contributed by atoms with van der Waals surface area (Å²) in [7, 11) is 0. The third-order valence-corrected chi connectivity index (χ3v) is 3.19. The van der Waals surface area contributed by atoms with Crippen LogP contribution in [0.2, 0.25) is 0 Å². The minimum absolute atomic E-state index is 1.09. The van der Waals surface area contributed by atoms with Crippen LogP contribution in [0.15, 0.2) is 0 Å². The van der Waals surface area contributed by atoms with Crippen molar-refractivity contribution < 1.29 is 27.5 Å². The average Bonchev–Trinajstić information content (AvgIpc) is 2.48. The molecule has 82 valence electrons. The van der Waals surface area contributed by atoms with E-state index in [9.17, 15) is 27.5 Å². The SMILES string of the molecule is CC1(C)C(C(=O)[O-])C1(C(F)F)C(F)F. The fourth-order valence-electron chi connectivity index (χ4n) is 2.23. The summed E-state index contributed by atoms with van der Waals surface area (Å²) in [5.41, 5.74) is -4.36. The van der Waals surface area contributed by atoms with Gasteiger partial charge >= 0.3 is 0 Å². The summed E-state index contributed by atoms with van der Waals surface area (Å²) in [6.45, 7) is 2.18. The van der Waals surface area contributed by atoms with Gasteiger partial charge < -0.3 is 9.90 Å². The predicted molar refractivity (Wildman–Crippen MR) is 36.7 cm³/mol. The maximum atomic E-state index is 12.5. The molecule has 1 rings (SSSR count). The minimum atomic E-state index is -3.36. The number of hydrogen-bond donors (Lipinski definition) is 0. The third-order valence-electron chi connectivity index (χ3n) is 3.19. The van der Waals surface area contributed by atoms with Crippen LogP contribution in [0.5, 0.6) is 0 Å². The van der Waals surface area contributed by atoms with E-state index in [1.807, 2.05) is 0 Å². The number of carboxylic acid groups (broad SMARTS) is 1. The molecular formula is C8H9F4O2-. The van der Waals surface area contributed by atoms with Crippen LogP contribution in [-0.4, -0.2) is 18.8 Å². The molecule has 0 saturated heterocycles. The van der Waals surface area contributed by atoms with Crippen LogP contribution in [0.3, 0.4) is 0 Å². The van der Waals surface area contributed by atoms with Gasteiger partial charge in [0.15, 0.2) is 0 Å². The second kappa shape index (κ2) is 2.84. The molecule has 0 aromatic rings. The first kappa shape index (κ1) is 11.3. The molecule has 6 heteroatoms. The normalized spacial score (nSPS) is 28.1. The van der Waals surface area contributed by atoms with Gasteiger partial charge in [0.05, 0.1) is 0 Å². The van der Waals surface area contributed by atoms with E-state index in [0.717, 1.165) is 13.8 Å². The zero-order valence-electron chi connectivity index (χ0n) is 7.56. The molecule has 1 saturated carbocycles. The van der Waals surface area contributed by atoms with Gasteiger partial charge in [-0.2, -0.15) is 0 Å². The zero-order chi connectivity index (χ0) is 11.3. The second-order valence-corrected chi connectivity index (χ2v) is 4.01. The minimum Gasteiger partial charge on any atom is -0.550 e. The van der Waals surface area contributed by atoms with E-state index in [4.69, 9.17) is 0 Å². The summed E-state index contributed by atoms with van der Waals surface area (Å²) < 4.78 is 49.8. The Morgan fingerprint density at radius 2 is 1.57 bits per heavy atom. The Labute approximate surface area is 77.9 Å². The molecule has 1 aliphatic carbocycles. The predicted octanol–water partition coefficient (Wildman–Crippen LogP) is 0.909.